The summed E-state index contributed by atoms with van der Waals surface area (Å²) in [5.74, 6) is -4.60. The Bertz CT molecular complexity index is 494. The molecular weight excluding hydrogens is 259 g/mol. The Morgan fingerprint density at radius 3 is 2.33 bits per heavy atom. The number of hydrogen-bond donors (Lipinski definition) is 1. The summed E-state index contributed by atoms with van der Waals surface area (Å²) in [6.45, 7) is 0. The van der Waals surface area contributed by atoms with Gasteiger partial charge in [0.2, 0.25) is 0 Å². The third-order valence-electron chi connectivity index (χ3n) is 2.18. The molecule has 1 N–H and O–H groups in total. The molecule has 98 valence electrons. The normalized spacial score (nSPS) is 15.5. The number of halogens is 3. The predicted octanol–water partition coefficient (Wildman–Crippen LogP) is 0.825. The largest absolute Gasteiger partial charge is 0.474 e. The van der Waals surface area contributed by atoms with E-state index in [1.54, 1.807) is 0 Å². The van der Waals surface area contributed by atoms with Crippen molar-refractivity contribution in [2.75, 3.05) is 4.90 Å². The van der Waals surface area contributed by atoms with E-state index in [1.807, 2.05) is 0 Å². The maximum atomic E-state index is 12.3. The molecule has 1 heterocycles. The standard InChI is InChI=1S/C8H6F3N3O4/c9-8(10,11)6(17)14(3-1-2-3)7-13-12-4(18-7)5(15)16/h3H,1-2H2,(H,15,16). The quantitative estimate of drug-likeness (QED) is 0.869. The SMILES string of the molecule is O=C(O)c1nnc(N(C(=O)C(F)(F)F)C2CC2)o1. The number of carboxylic acids is 1. The number of alkyl halides is 3. The molecule has 0 spiro atoms. The first-order chi connectivity index (χ1) is 8.30. The molecule has 1 aromatic rings. The minimum absolute atomic E-state index is 0.291. The molecule has 0 unspecified atom stereocenters. The van der Waals surface area contributed by atoms with Gasteiger partial charge in [0.1, 0.15) is 0 Å². The minimum Gasteiger partial charge on any atom is -0.474 e. The molecule has 0 atom stereocenters. The van der Waals surface area contributed by atoms with E-state index in [0.29, 0.717) is 17.7 Å². The predicted molar refractivity (Wildman–Crippen MR) is 47.8 cm³/mol. The molecule has 18 heavy (non-hydrogen) atoms. The number of carbonyl (C=O) groups excluding carboxylic acids is 1. The third-order valence-corrected chi connectivity index (χ3v) is 2.18. The highest BCUT2D eigenvalue weighted by Gasteiger charge is 2.49. The number of carbonyl (C=O) groups is 2. The van der Waals surface area contributed by atoms with E-state index in [1.165, 1.54) is 0 Å². The Morgan fingerprint density at radius 1 is 1.33 bits per heavy atom. The van der Waals surface area contributed by atoms with Crippen LogP contribution >= 0.6 is 0 Å². The summed E-state index contributed by atoms with van der Waals surface area (Å²) in [7, 11) is 0. The highest BCUT2D eigenvalue weighted by Crippen LogP contribution is 2.34. The van der Waals surface area contributed by atoms with Crippen molar-refractivity contribution in [2.45, 2.75) is 25.1 Å². The Morgan fingerprint density at radius 2 is 1.94 bits per heavy atom. The highest BCUT2D eigenvalue weighted by atomic mass is 19.4. The molecule has 10 heteroatoms. The first kappa shape index (κ1) is 12.3. The molecule has 1 fully saturated rings. The molecule has 1 saturated carbocycles. The van der Waals surface area contributed by atoms with Gasteiger partial charge in [0, 0.05) is 6.04 Å². The van der Waals surface area contributed by atoms with Crippen molar-refractivity contribution in [3.63, 3.8) is 0 Å². The Labute approximate surface area is 97.2 Å². The maximum absolute atomic E-state index is 12.3. The number of anilines is 1. The average molecular weight is 265 g/mol. The highest BCUT2D eigenvalue weighted by molar-refractivity contribution is 5.96. The van der Waals surface area contributed by atoms with E-state index in [-0.39, 0.29) is 0 Å². The van der Waals surface area contributed by atoms with E-state index in [0.717, 1.165) is 0 Å². The van der Waals surface area contributed by atoms with Gasteiger partial charge in [0.25, 0.3) is 0 Å². The van der Waals surface area contributed by atoms with Gasteiger partial charge >= 0.3 is 30.0 Å². The van der Waals surface area contributed by atoms with Gasteiger partial charge in [-0.1, -0.05) is 10.2 Å². The van der Waals surface area contributed by atoms with Gasteiger partial charge in [0.05, 0.1) is 0 Å². The molecule has 0 aliphatic heterocycles. The van der Waals surface area contributed by atoms with Crippen molar-refractivity contribution in [3.05, 3.63) is 5.89 Å². The van der Waals surface area contributed by atoms with Crippen LogP contribution < -0.4 is 4.90 Å². The molecule has 0 radical (unpaired) electrons. The lowest BCUT2D eigenvalue weighted by molar-refractivity contribution is -0.170. The molecule has 1 aliphatic rings. The van der Waals surface area contributed by atoms with Gasteiger partial charge in [0.15, 0.2) is 0 Å². The zero-order valence-corrected chi connectivity index (χ0v) is 8.64. The Balaban J connectivity index is 2.30. The Hall–Kier alpha value is -2.13. The molecule has 1 aliphatic carbocycles. The van der Waals surface area contributed by atoms with Gasteiger partial charge < -0.3 is 9.52 Å². The number of amides is 1. The van der Waals surface area contributed by atoms with E-state index in [9.17, 15) is 22.8 Å². The van der Waals surface area contributed by atoms with Crippen molar-refractivity contribution in [2.24, 2.45) is 0 Å². The lowest BCUT2D eigenvalue weighted by atomic mass is 10.4. The number of rotatable bonds is 3. The van der Waals surface area contributed by atoms with Crippen molar-refractivity contribution in [3.8, 4) is 0 Å². The van der Waals surface area contributed by atoms with Gasteiger partial charge in [-0.05, 0) is 12.8 Å². The van der Waals surface area contributed by atoms with Crippen LogP contribution in [0.15, 0.2) is 4.42 Å². The van der Waals surface area contributed by atoms with Crippen LogP contribution in [-0.4, -0.2) is 39.4 Å². The molecule has 0 aromatic carbocycles. The van der Waals surface area contributed by atoms with Crippen LogP contribution in [0.1, 0.15) is 23.5 Å². The fourth-order valence-corrected chi connectivity index (χ4v) is 1.28. The summed E-state index contributed by atoms with van der Waals surface area (Å²) in [4.78, 5) is 21.9. The summed E-state index contributed by atoms with van der Waals surface area (Å²) in [6.07, 6.45) is -4.35. The molecule has 1 amide bonds. The zero-order valence-electron chi connectivity index (χ0n) is 8.64. The number of carboxylic acid groups (broad SMARTS) is 1. The number of aromatic carboxylic acids is 1. The zero-order chi connectivity index (χ0) is 13.5. The first-order valence-electron chi connectivity index (χ1n) is 4.78. The third kappa shape index (κ3) is 2.26. The second-order valence-electron chi connectivity index (χ2n) is 3.60. The van der Waals surface area contributed by atoms with Gasteiger partial charge in [-0.3, -0.25) is 9.69 Å². The second-order valence-corrected chi connectivity index (χ2v) is 3.60. The van der Waals surface area contributed by atoms with Crippen LogP contribution in [0.4, 0.5) is 19.2 Å². The molecule has 2 rings (SSSR count). The lowest BCUT2D eigenvalue weighted by Gasteiger charge is -2.18. The minimum atomic E-state index is -5.08. The topological polar surface area (TPSA) is 96.5 Å². The molecule has 1 aromatic heterocycles. The van der Waals surface area contributed by atoms with Crippen molar-refractivity contribution < 1.29 is 32.3 Å². The van der Waals surface area contributed by atoms with Crippen LogP contribution in [0.5, 0.6) is 0 Å². The fourth-order valence-electron chi connectivity index (χ4n) is 1.28. The monoisotopic (exact) mass is 265 g/mol. The van der Waals surface area contributed by atoms with E-state index >= 15 is 0 Å². The van der Waals surface area contributed by atoms with Crippen molar-refractivity contribution in [1.82, 2.24) is 10.2 Å². The van der Waals surface area contributed by atoms with Crippen LogP contribution in [-0.2, 0) is 4.79 Å². The van der Waals surface area contributed by atoms with Crippen LogP contribution in [0.3, 0.4) is 0 Å². The van der Waals surface area contributed by atoms with Gasteiger partial charge in [-0.2, -0.15) is 13.2 Å². The van der Waals surface area contributed by atoms with Crippen LogP contribution in [0, 0.1) is 0 Å². The van der Waals surface area contributed by atoms with Crippen LogP contribution in [0.2, 0.25) is 0 Å². The number of hydrogen-bond acceptors (Lipinski definition) is 5. The number of aromatic nitrogens is 2. The maximum Gasteiger partial charge on any atom is 0.471 e. The second kappa shape index (κ2) is 3.96. The molecular formula is C8H6F3N3O4. The first-order valence-corrected chi connectivity index (χ1v) is 4.78. The summed E-state index contributed by atoms with van der Waals surface area (Å²) in [6, 6.07) is -1.43. The number of nitrogens with zero attached hydrogens (tertiary/aromatic N) is 3. The van der Waals surface area contributed by atoms with Gasteiger partial charge in [-0.15, -0.1) is 0 Å². The molecule has 0 bridgehead atoms. The van der Waals surface area contributed by atoms with Crippen molar-refractivity contribution in [1.29, 1.82) is 0 Å². The van der Waals surface area contributed by atoms with E-state index in [2.05, 4.69) is 14.6 Å². The fraction of sp³-hybridized carbons (Fsp3) is 0.500. The summed E-state index contributed by atoms with van der Waals surface area (Å²) >= 11 is 0. The lowest BCUT2D eigenvalue weighted by Crippen LogP contribution is -2.43. The summed E-state index contributed by atoms with van der Waals surface area (Å²) < 4.78 is 41.5. The van der Waals surface area contributed by atoms with E-state index < -0.39 is 36.0 Å². The molecule has 7 nitrogen and oxygen atoms in total. The van der Waals surface area contributed by atoms with Crippen molar-refractivity contribution >= 4 is 17.9 Å². The molecule has 0 saturated heterocycles. The summed E-state index contributed by atoms with van der Waals surface area (Å²) in [5.41, 5.74) is 0. The van der Waals surface area contributed by atoms with Gasteiger partial charge in [-0.25, -0.2) is 4.79 Å². The van der Waals surface area contributed by atoms with Crippen LogP contribution in [0.25, 0.3) is 0 Å². The van der Waals surface area contributed by atoms with E-state index in [4.69, 9.17) is 5.11 Å². The summed E-state index contributed by atoms with van der Waals surface area (Å²) in [5, 5.41) is 14.7. The smallest absolute Gasteiger partial charge is 0.471 e. The average Bonchev–Trinajstić information content (AvgIpc) is 2.94. The Kier molecular flexibility index (Phi) is 2.71.